The largest absolute Gasteiger partial charge is 0.398 e. The van der Waals surface area contributed by atoms with Crippen LogP contribution in [-0.4, -0.2) is 10.2 Å². The Bertz CT molecular complexity index is 846. The van der Waals surface area contributed by atoms with Gasteiger partial charge in [-0.3, -0.25) is 9.59 Å². The summed E-state index contributed by atoms with van der Waals surface area (Å²) in [6.45, 7) is 0. The molecule has 0 aromatic heterocycles. The Kier molecular flexibility index (Phi) is 17.0. The smallest absolute Gasteiger partial charge is 0.193 e. The van der Waals surface area contributed by atoms with Crippen molar-refractivity contribution in [1.29, 1.82) is 0 Å². The molecule has 4 N–H and O–H groups in total. The summed E-state index contributed by atoms with van der Waals surface area (Å²) in [6, 6.07) is 15.1. The lowest BCUT2D eigenvalue weighted by atomic mass is 10.0. The first-order valence-corrected chi connectivity index (χ1v) is 15.8. The molecule has 0 saturated heterocycles. The van der Waals surface area contributed by atoms with E-state index in [0.29, 0.717) is 24.2 Å². The molecule has 0 bridgehead atoms. The topological polar surface area (TPSA) is 86.2 Å². The summed E-state index contributed by atoms with van der Waals surface area (Å²) < 4.78 is 0. The lowest BCUT2D eigenvalue weighted by Crippen LogP contribution is -1.94. The van der Waals surface area contributed by atoms with Gasteiger partial charge in [0.2, 0.25) is 0 Å². The number of unbranched alkanes of at least 4 members (excludes halogenated alkanes) is 14. The summed E-state index contributed by atoms with van der Waals surface area (Å²) >= 11 is 2.56. The summed E-state index contributed by atoms with van der Waals surface area (Å²) in [5.41, 5.74) is 13.2. The van der Waals surface area contributed by atoms with Gasteiger partial charge in [-0.25, -0.2) is 0 Å². The Hall–Kier alpha value is -1.92. The van der Waals surface area contributed by atoms with E-state index < -0.39 is 0 Å². The van der Waals surface area contributed by atoms with Crippen molar-refractivity contribution in [3.05, 3.63) is 48.5 Å². The standard InChI is InChI=1S/C31H46N2O2S2/c32-26-20-16-18-22-28(26)36-30(34)24-14-12-10-8-6-4-2-1-3-5-7-9-11-13-15-25-31(35)37-29-23-19-17-21-27(29)33/h16-23H,1-15,24-25,32-33H2. The number of hydrogen-bond acceptors (Lipinski definition) is 6. The first-order valence-electron chi connectivity index (χ1n) is 14.2. The third-order valence-corrected chi connectivity index (χ3v) is 8.59. The second-order valence-electron chi connectivity index (χ2n) is 9.83. The lowest BCUT2D eigenvalue weighted by Gasteiger charge is -2.05. The fourth-order valence-electron chi connectivity index (χ4n) is 4.33. The highest BCUT2D eigenvalue weighted by atomic mass is 32.2. The number of thioether (sulfide) groups is 2. The second kappa shape index (κ2) is 20.1. The Morgan fingerprint density at radius 1 is 0.459 bits per heavy atom. The van der Waals surface area contributed by atoms with E-state index in [2.05, 4.69) is 0 Å². The van der Waals surface area contributed by atoms with Crippen LogP contribution in [0, 0.1) is 0 Å². The fourth-order valence-corrected chi connectivity index (χ4v) is 5.98. The molecule has 2 aromatic carbocycles. The molecular formula is C31H46N2O2S2. The number of carbonyl (C=O) groups excluding carboxylic acids is 2. The van der Waals surface area contributed by atoms with E-state index in [4.69, 9.17) is 11.5 Å². The average molecular weight is 543 g/mol. The van der Waals surface area contributed by atoms with E-state index in [1.165, 1.54) is 94.2 Å². The quantitative estimate of drug-likeness (QED) is 0.0984. The van der Waals surface area contributed by atoms with Crippen molar-refractivity contribution in [2.24, 2.45) is 0 Å². The molecule has 4 nitrogen and oxygen atoms in total. The van der Waals surface area contributed by atoms with Crippen LogP contribution in [-0.2, 0) is 9.59 Å². The van der Waals surface area contributed by atoms with Crippen LogP contribution in [0.2, 0.25) is 0 Å². The third-order valence-electron chi connectivity index (χ3n) is 6.55. The van der Waals surface area contributed by atoms with Gasteiger partial charge in [0.05, 0.1) is 0 Å². The molecule has 0 fully saturated rings. The van der Waals surface area contributed by atoms with Crippen LogP contribution < -0.4 is 11.5 Å². The summed E-state index contributed by atoms with van der Waals surface area (Å²) in [5.74, 6) is 0. The number of rotatable bonds is 20. The van der Waals surface area contributed by atoms with Gasteiger partial charge in [0.1, 0.15) is 0 Å². The zero-order chi connectivity index (χ0) is 26.6. The maximum absolute atomic E-state index is 12.1. The molecular weight excluding hydrogens is 496 g/mol. The van der Waals surface area contributed by atoms with E-state index >= 15 is 0 Å². The third kappa shape index (κ3) is 15.2. The summed E-state index contributed by atoms with van der Waals surface area (Å²) in [7, 11) is 0. The molecule has 204 valence electrons. The van der Waals surface area contributed by atoms with Gasteiger partial charge in [-0.15, -0.1) is 0 Å². The number of hydrogen-bond donors (Lipinski definition) is 2. The first-order chi connectivity index (χ1) is 18.1. The number of nitrogen functional groups attached to an aromatic ring is 2. The average Bonchev–Trinajstić information content (AvgIpc) is 2.88. The number of anilines is 2. The van der Waals surface area contributed by atoms with Crippen LogP contribution >= 0.6 is 23.5 Å². The molecule has 0 unspecified atom stereocenters. The molecule has 0 heterocycles. The van der Waals surface area contributed by atoms with Crippen molar-refractivity contribution in [1.82, 2.24) is 0 Å². The monoisotopic (exact) mass is 542 g/mol. The summed E-state index contributed by atoms with van der Waals surface area (Å²) in [4.78, 5) is 25.9. The van der Waals surface area contributed by atoms with E-state index in [1.54, 1.807) is 0 Å². The predicted molar refractivity (Wildman–Crippen MR) is 162 cm³/mol. The lowest BCUT2D eigenvalue weighted by molar-refractivity contribution is -0.111. The van der Waals surface area contributed by atoms with E-state index in [0.717, 1.165) is 35.5 Å². The molecule has 0 radical (unpaired) electrons. The Morgan fingerprint density at radius 3 is 1.03 bits per heavy atom. The highest BCUT2D eigenvalue weighted by Crippen LogP contribution is 2.28. The maximum Gasteiger partial charge on any atom is 0.193 e. The number of benzene rings is 2. The number of para-hydroxylation sites is 2. The fraction of sp³-hybridized carbons (Fsp3) is 0.548. The minimum atomic E-state index is 0.219. The van der Waals surface area contributed by atoms with E-state index in [-0.39, 0.29) is 10.2 Å². The molecule has 0 atom stereocenters. The highest BCUT2D eigenvalue weighted by molar-refractivity contribution is 8.14. The van der Waals surface area contributed by atoms with Gasteiger partial charge < -0.3 is 11.5 Å². The maximum atomic E-state index is 12.1. The van der Waals surface area contributed by atoms with Gasteiger partial charge in [-0.05, 0) is 60.6 Å². The molecule has 0 amide bonds. The minimum Gasteiger partial charge on any atom is -0.398 e. The summed E-state index contributed by atoms with van der Waals surface area (Å²) in [6.07, 6.45) is 19.9. The van der Waals surface area contributed by atoms with Crippen LogP contribution in [0.1, 0.15) is 109 Å². The Labute approximate surface area is 233 Å². The first kappa shape index (κ1) is 31.3. The molecule has 37 heavy (non-hydrogen) atoms. The van der Waals surface area contributed by atoms with Crippen LogP contribution in [0.5, 0.6) is 0 Å². The van der Waals surface area contributed by atoms with E-state index in [9.17, 15) is 9.59 Å². The second-order valence-corrected chi connectivity index (χ2v) is 12.0. The predicted octanol–water partition coefficient (Wildman–Crippen LogP) is 9.42. The van der Waals surface area contributed by atoms with Gasteiger partial charge >= 0.3 is 0 Å². The highest BCUT2D eigenvalue weighted by Gasteiger charge is 2.08. The van der Waals surface area contributed by atoms with Crippen molar-refractivity contribution in [2.45, 2.75) is 119 Å². The number of nitrogens with two attached hydrogens (primary N) is 2. The zero-order valence-electron chi connectivity index (χ0n) is 22.4. The zero-order valence-corrected chi connectivity index (χ0v) is 24.1. The Balaban J connectivity index is 1.29. The van der Waals surface area contributed by atoms with Gasteiger partial charge in [-0.2, -0.15) is 0 Å². The van der Waals surface area contributed by atoms with Crippen LogP contribution in [0.4, 0.5) is 11.4 Å². The van der Waals surface area contributed by atoms with Crippen molar-refractivity contribution in [2.75, 3.05) is 11.5 Å². The molecule has 0 aliphatic carbocycles. The van der Waals surface area contributed by atoms with Crippen molar-refractivity contribution < 1.29 is 9.59 Å². The SMILES string of the molecule is Nc1ccccc1SC(=O)CCCCCCCCCCCCCCCCCC(=O)Sc1ccccc1N. The molecule has 2 rings (SSSR count). The van der Waals surface area contributed by atoms with E-state index in [1.807, 2.05) is 48.5 Å². The molecule has 0 spiro atoms. The molecule has 2 aromatic rings. The van der Waals surface area contributed by atoms with Crippen molar-refractivity contribution in [3.63, 3.8) is 0 Å². The van der Waals surface area contributed by atoms with Crippen LogP contribution in [0.15, 0.2) is 58.3 Å². The van der Waals surface area contributed by atoms with Gasteiger partial charge in [0, 0.05) is 34.0 Å². The number of carbonyl (C=O) groups is 2. The Morgan fingerprint density at radius 2 is 0.730 bits per heavy atom. The van der Waals surface area contributed by atoms with Crippen molar-refractivity contribution in [3.8, 4) is 0 Å². The molecule has 0 aliphatic rings. The molecule has 0 aliphatic heterocycles. The van der Waals surface area contributed by atoms with Gasteiger partial charge in [-0.1, -0.05) is 108 Å². The normalized spacial score (nSPS) is 11.0. The van der Waals surface area contributed by atoms with Gasteiger partial charge in [0.15, 0.2) is 10.2 Å². The molecule has 0 saturated carbocycles. The van der Waals surface area contributed by atoms with Crippen LogP contribution in [0.3, 0.4) is 0 Å². The van der Waals surface area contributed by atoms with Gasteiger partial charge in [0.25, 0.3) is 0 Å². The minimum absolute atomic E-state index is 0.219. The van der Waals surface area contributed by atoms with Crippen LogP contribution in [0.25, 0.3) is 0 Å². The molecule has 6 heteroatoms. The van der Waals surface area contributed by atoms with Crippen molar-refractivity contribution >= 4 is 45.1 Å². The summed E-state index contributed by atoms with van der Waals surface area (Å²) in [5, 5.41) is 0.439.